The third-order valence-corrected chi connectivity index (χ3v) is 16.4. The number of hydrogen-bond acceptors (Lipinski definition) is 1. The second kappa shape index (κ2) is 17.7. The van der Waals surface area contributed by atoms with Crippen LogP contribution < -0.4 is 4.90 Å². The topological polar surface area (TPSA) is 3.24 Å². The normalized spacial score (nSPS) is 13.4. The summed E-state index contributed by atoms with van der Waals surface area (Å²) in [7, 11) is 0. The molecule has 0 radical (unpaired) electrons. The molecule has 0 bridgehead atoms. The van der Waals surface area contributed by atoms with Gasteiger partial charge < -0.3 is 4.90 Å². The van der Waals surface area contributed by atoms with Gasteiger partial charge in [-0.3, -0.25) is 0 Å². The summed E-state index contributed by atoms with van der Waals surface area (Å²) >= 11 is 0. The third-order valence-electron chi connectivity index (χ3n) is 16.4. The quantitative estimate of drug-likeness (QED) is 0.139. The minimum Gasteiger partial charge on any atom is -0.309 e. The standard InChI is InChI=1S/C74H53N/c1-73(2)64-39-19-18-35-62(64)71-63(38-21-41-66(71)73)72-59(54-45-44-50-24-15-16-29-53(50)48-54)37-23-43-69(72)75(68-42-22-36-58(51-25-7-3-8-26-51)70(68)52-27-9-4-10-28-52)57-46-47-61-60-34-17-20-40-65(60)74(67(61)49-57,55-30-11-5-12-31-55)56-32-13-6-14-33-56/h3-49H,1-2H3. The smallest absolute Gasteiger partial charge is 0.0714 e. The van der Waals surface area contributed by atoms with Gasteiger partial charge in [-0.2, -0.15) is 0 Å². The number of hydrogen-bond donors (Lipinski definition) is 0. The van der Waals surface area contributed by atoms with Crippen molar-refractivity contribution >= 4 is 27.8 Å². The first-order chi connectivity index (χ1) is 37.0. The number of rotatable bonds is 9. The van der Waals surface area contributed by atoms with E-state index in [1.165, 1.54) is 99.8 Å². The van der Waals surface area contributed by atoms with Crippen molar-refractivity contribution in [2.24, 2.45) is 0 Å². The summed E-state index contributed by atoms with van der Waals surface area (Å²) < 4.78 is 0. The maximum Gasteiger partial charge on any atom is 0.0714 e. The van der Waals surface area contributed by atoms with Crippen molar-refractivity contribution in [2.45, 2.75) is 24.7 Å². The van der Waals surface area contributed by atoms with Gasteiger partial charge in [0.1, 0.15) is 0 Å². The highest BCUT2D eigenvalue weighted by molar-refractivity contribution is 6.07. The van der Waals surface area contributed by atoms with Gasteiger partial charge in [0.25, 0.3) is 0 Å². The molecule has 0 unspecified atom stereocenters. The largest absolute Gasteiger partial charge is 0.309 e. The maximum absolute atomic E-state index is 2.60. The lowest BCUT2D eigenvalue weighted by molar-refractivity contribution is 0.660. The molecule has 12 aromatic carbocycles. The van der Waals surface area contributed by atoms with Crippen LogP contribution in [0.3, 0.4) is 0 Å². The fraction of sp³-hybridized carbons (Fsp3) is 0.0541. The molecule has 0 spiro atoms. The predicted octanol–water partition coefficient (Wildman–Crippen LogP) is 19.6. The SMILES string of the molecule is CC1(C)c2ccccc2-c2c(-c3c(-c4ccc5ccccc5c4)cccc3N(c3ccc4c(c3)C(c3ccccc3)(c3ccccc3)c3ccccc3-4)c3cccc(-c4ccccc4)c3-c3ccccc3)cccc21. The first kappa shape index (κ1) is 44.4. The van der Waals surface area contributed by atoms with Gasteiger partial charge in [0, 0.05) is 22.2 Å². The molecule has 75 heavy (non-hydrogen) atoms. The third kappa shape index (κ3) is 6.92. The van der Waals surface area contributed by atoms with E-state index in [4.69, 9.17) is 0 Å². The van der Waals surface area contributed by atoms with Crippen LogP contribution in [0.1, 0.15) is 47.2 Å². The first-order valence-electron chi connectivity index (χ1n) is 26.3. The molecule has 0 N–H and O–H groups in total. The van der Waals surface area contributed by atoms with Crippen molar-refractivity contribution in [1.29, 1.82) is 0 Å². The summed E-state index contributed by atoms with van der Waals surface area (Å²) in [5.74, 6) is 0. The van der Waals surface area contributed by atoms with E-state index in [1.807, 2.05) is 0 Å². The van der Waals surface area contributed by atoms with Gasteiger partial charge in [0.05, 0.1) is 16.8 Å². The molecule has 2 aliphatic rings. The molecule has 2 aliphatic carbocycles. The maximum atomic E-state index is 2.60. The zero-order chi connectivity index (χ0) is 50.1. The Morgan fingerprint density at radius 3 is 1.45 bits per heavy atom. The average Bonchev–Trinajstić information content (AvgIpc) is 3.99. The van der Waals surface area contributed by atoms with Gasteiger partial charge in [-0.05, 0) is 130 Å². The highest BCUT2D eigenvalue weighted by atomic mass is 15.1. The van der Waals surface area contributed by atoms with Crippen LogP contribution in [-0.2, 0) is 10.8 Å². The van der Waals surface area contributed by atoms with Crippen molar-refractivity contribution in [3.63, 3.8) is 0 Å². The van der Waals surface area contributed by atoms with Gasteiger partial charge in [-0.15, -0.1) is 0 Å². The predicted molar refractivity (Wildman–Crippen MR) is 315 cm³/mol. The summed E-state index contributed by atoms with van der Waals surface area (Å²) in [6.45, 7) is 4.78. The molecule has 0 saturated heterocycles. The molecule has 0 aliphatic heterocycles. The molecular weight excluding hydrogens is 903 g/mol. The van der Waals surface area contributed by atoms with Gasteiger partial charge in [0.2, 0.25) is 0 Å². The van der Waals surface area contributed by atoms with Crippen LogP contribution in [0.2, 0.25) is 0 Å². The molecule has 1 nitrogen and oxygen atoms in total. The summed E-state index contributed by atoms with van der Waals surface area (Å²) in [6.07, 6.45) is 0. The van der Waals surface area contributed by atoms with Crippen LogP contribution in [0.5, 0.6) is 0 Å². The minimum absolute atomic E-state index is 0.197. The highest BCUT2D eigenvalue weighted by Gasteiger charge is 2.46. The van der Waals surface area contributed by atoms with Crippen molar-refractivity contribution in [2.75, 3.05) is 4.90 Å². The molecule has 0 aromatic heterocycles. The molecular formula is C74H53N. The molecule has 0 fully saturated rings. The van der Waals surface area contributed by atoms with Crippen molar-refractivity contribution in [1.82, 2.24) is 0 Å². The molecule has 14 rings (SSSR count). The van der Waals surface area contributed by atoms with Crippen LogP contribution in [0.25, 0.3) is 77.5 Å². The molecule has 0 atom stereocenters. The Balaban J connectivity index is 1.14. The lowest BCUT2D eigenvalue weighted by Crippen LogP contribution is -2.28. The Hall–Kier alpha value is -9.30. The van der Waals surface area contributed by atoms with E-state index in [2.05, 4.69) is 304 Å². The van der Waals surface area contributed by atoms with Crippen LogP contribution in [-0.4, -0.2) is 0 Å². The first-order valence-corrected chi connectivity index (χ1v) is 26.3. The summed E-state index contributed by atoms with van der Waals surface area (Å²) in [5, 5.41) is 2.44. The van der Waals surface area contributed by atoms with Crippen molar-refractivity contribution in [3.8, 4) is 66.8 Å². The Labute approximate surface area is 440 Å². The van der Waals surface area contributed by atoms with Crippen molar-refractivity contribution < 1.29 is 0 Å². The lowest BCUT2D eigenvalue weighted by Gasteiger charge is -2.36. The molecule has 1 heteroatoms. The summed E-state index contributed by atoms with van der Waals surface area (Å²) in [6, 6.07) is 106. The van der Waals surface area contributed by atoms with Crippen LogP contribution in [0.15, 0.2) is 285 Å². The molecule has 0 heterocycles. The van der Waals surface area contributed by atoms with E-state index in [-0.39, 0.29) is 5.41 Å². The Bertz CT molecular complexity index is 4090. The van der Waals surface area contributed by atoms with Gasteiger partial charge >= 0.3 is 0 Å². The molecule has 12 aromatic rings. The van der Waals surface area contributed by atoms with E-state index in [0.717, 1.165) is 28.2 Å². The minimum atomic E-state index is -0.602. The van der Waals surface area contributed by atoms with Crippen molar-refractivity contribution in [3.05, 3.63) is 318 Å². The fourth-order valence-corrected chi connectivity index (χ4v) is 13.0. The second-order valence-corrected chi connectivity index (χ2v) is 20.7. The lowest BCUT2D eigenvalue weighted by atomic mass is 9.67. The van der Waals surface area contributed by atoms with Crippen LogP contribution in [0.4, 0.5) is 17.1 Å². The number of nitrogens with zero attached hydrogens (tertiary/aromatic N) is 1. The summed E-state index contributed by atoms with van der Waals surface area (Å²) in [4.78, 5) is 2.60. The highest BCUT2D eigenvalue weighted by Crippen LogP contribution is 2.60. The Kier molecular flexibility index (Phi) is 10.5. The number of benzene rings is 12. The number of fused-ring (bicyclic) bond motifs is 7. The summed E-state index contributed by atoms with van der Waals surface area (Å²) in [5.41, 5.74) is 24.7. The van der Waals surface area contributed by atoms with E-state index in [1.54, 1.807) is 0 Å². The fourth-order valence-electron chi connectivity index (χ4n) is 13.0. The zero-order valence-electron chi connectivity index (χ0n) is 42.1. The number of anilines is 3. The average molecular weight is 956 g/mol. The van der Waals surface area contributed by atoms with E-state index in [9.17, 15) is 0 Å². The van der Waals surface area contributed by atoms with Gasteiger partial charge in [0.15, 0.2) is 0 Å². The second-order valence-electron chi connectivity index (χ2n) is 20.7. The molecule has 0 amide bonds. The van der Waals surface area contributed by atoms with E-state index >= 15 is 0 Å². The Morgan fingerprint density at radius 1 is 0.267 bits per heavy atom. The van der Waals surface area contributed by atoms with Crippen LogP contribution in [0, 0.1) is 0 Å². The molecule has 0 saturated carbocycles. The Morgan fingerprint density at radius 2 is 0.760 bits per heavy atom. The monoisotopic (exact) mass is 955 g/mol. The van der Waals surface area contributed by atoms with Gasteiger partial charge in [-0.25, -0.2) is 0 Å². The van der Waals surface area contributed by atoms with Gasteiger partial charge in [-0.1, -0.05) is 269 Å². The molecule has 354 valence electrons. The zero-order valence-corrected chi connectivity index (χ0v) is 42.1. The van der Waals surface area contributed by atoms with Crippen LogP contribution >= 0.6 is 0 Å². The van der Waals surface area contributed by atoms with E-state index < -0.39 is 5.41 Å². The van der Waals surface area contributed by atoms with E-state index in [0.29, 0.717) is 0 Å².